The number of rotatable bonds is 9. The van der Waals surface area contributed by atoms with E-state index >= 15 is 0 Å². The lowest BCUT2D eigenvalue weighted by Gasteiger charge is -2.13. The quantitative estimate of drug-likeness (QED) is 0.244. The van der Waals surface area contributed by atoms with Gasteiger partial charge >= 0.3 is 10.1 Å². The van der Waals surface area contributed by atoms with Crippen LogP contribution in [0.4, 0.5) is 0 Å². The third kappa shape index (κ3) is 5.86. The fourth-order valence-electron chi connectivity index (χ4n) is 2.85. The summed E-state index contributed by atoms with van der Waals surface area (Å²) in [5.41, 5.74) is 3.26. The van der Waals surface area contributed by atoms with Crippen molar-refractivity contribution in [2.45, 2.75) is 4.90 Å². The van der Waals surface area contributed by atoms with Gasteiger partial charge in [0.25, 0.3) is 5.91 Å². The van der Waals surface area contributed by atoms with E-state index in [1.54, 1.807) is 36.4 Å². The minimum absolute atomic E-state index is 0.00691. The van der Waals surface area contributed by atoms with Gasteiger partial charge < -0.3 is 18.4 Å². The lowest BCUT2D eigenvalue weighted by molar-refractivity contribution is 0.0954. The SMILES string of the molecule is COc1ccc(C(=O)N/N=C/c2cc(Br)c(OS(=O)(=O)c3ccccc3)c(OC)c2)cc1OC. The minimum atomic E-state index is -4.07. The molecule has 1 amide bonds. The van der Waals surface area contributed by atoms with Gasteiger partial charge in [-0.25, -0.2) is 5.43 Å². The zero-order valence-corrected chi connectivity index (χ0v) is 20.8. The van der Waals surface area contributed by atoms with Gasteiger partial charge in [-0.2, -0.15) is 13.5 Å². The first-order valence-corrected chi connectivity index (χ1v) is 11.9. The molecule has 178 valence electrons. The van der Waals surface area contributed by atoms with E-state index in [-0.39, 0.29) is 16.4 Å². The van der Waals surface area contributed by atoms with E-state index in [0.717, 1.165) is 0 Å². The summed E-state index contributed by atoms with van der Waals surface area (Å²) in [6.07, 6.45) is 1.38. The topological polar surface area (TPSA) is 113 Å². The number of hydrazone groups is 1. The summed E-state index contributed by atoms with van der Waals surface area (Å²) in [4.78, 5) is 12.4. The molecule has 0 bridgehead atoms. The fraction of sp³-hybridized carbons (Fsp3) is 0.130. The molecular weight excluding hydrogens is 528 g/mol. The summed E-state index contributed by atoms with van der Waals surface area (Å²) >= 11 is 3.31. The standard InChI is InChI=1S/C23H21BrN2O7S/c1-30-19-10-9-16(13-20(19)31-2)23(27)26-25-14-15-11-18(24)22(21(12-15)32-3)33-34(28,29)17-7-5-4-6-8-17/h4-14H,1-3H3,(H,26,27)/b25-14+. The van der Waals surface area contributed by atoms with Gasteiger partial charge in [0.1, 0.15) is 4.90 Å². The van der Waals surface area contributed by atoms with Gasteiger partial charge in [0, 0.05) is 5.56 Å². The molecule has 0 unspecified atom stereocenters. The molecule has 0 atom stereocenters. The first-order valence-electron chi connectivity index (χ1n) is 9.71. The van der Waals surface area contributed by atoms with E-state index in [2.05, 4.69) is 26.5 Å². The van der Waals surface area contributed by atoms with E-state index in [0.29, 0.717) is 27.1 Å². The number of carbonyl (C=O) groups is 1. The Kier molecular flexibility index (Phi) is 8.13. The normalized spacial score (nSPS) is 11.2. The molecule has 9 nitrogen and oxygen atoms in total. The van der Waals surface area contributed by atoms with E-state index in [1.807, 2.05) is 0 Å². The van der Waals surface area contributed by atoms with Crippen molar-refractivity contribution >= 4 is 38.2 Å². The monoisotopic (exact) mass is 548 g/mol. The van der Waals surface area contributed by atoms with Crippen LogP contribution in [0.5, 0.6) is 23.0 Å². The molecule has 0 aliphatic rings. The smallest absolute Gasteiger partial charge is 0.339 e. The van der Waals surface area contributed by atoms with Crippen molar-refractivity contribution < 1.29 is 31.6 Å². The summed E-state index contributed by atoms with van der Waals surface area (Å²) in [5, 5.41) is 3.95. The summed E-state index contributed by atoms with van der Waals surface area (Å²) in [5.74, 6) is 0.585. The second kappa shape index (κ2) is 11.0. The molecule has 3 aromatic rings. The van der Waals surface area contributed by atoms with Gasteiger partial charge in [0.05, 0.1) is 32.0 Å². The van der Waals surface area contributed by atoms with Gasteiger partial charge in [0.15, 0.2) is 23.0 Å². The van der Waals surface area contributed by atoms with Crippen LogP contribution in [0.1, 0.15) is 15.9 Å². The van der Waals surface area contributed by atoms with Gasteiger partial charge in [0.2, 0.25) is 0 Å². The Hall–Kier alpha value is -3.57. The van der Waals surface area contributed by atoms with Crippen LogP contribution in [0.2, 0.25) is 0 Å². The summed E-state index contributed by atoms with van der Waals surface area (Å²) < 4.78 is 46.4. The number of ether oxygens (including phenoxy) is 3. The number of nitrogens with one attached hydrogen (secondary N) is 1. The highest BCUT2D eigenvalue weighted by Crippen LogP contribution is 2.38. The van der Waals surface area contributed by atoms with Gasteiger partial charge in [-0.15, -0.1) is 0 Å². The van der Waals surface area contributed by atoms with Crippen LogP contribution in [-0.2, 0) is 10.1 Å². The van der Waals surface area contributed by atoms with Crippen LogP contribution in [-0.4, -0.2) is 41.9 Å². The fourth-order valence-corrected chi connectivity index (χ4v) is 4.47. The van der Waals surface area contributed by atoms with E-state index in [9.17, 15) is 13.2 Å². The van der Waals surface area contributed by atoms with Crippen LogP contribution in [0.15, 0.2) is 75.1 Å². The molecule has 0 aliphatic heterocycles. The summed E-state index contributed by atoms with van der Waals surface area (Å²) in [7, 11) is 0.283. The highest BCUT2D eigenvalue weighted by molar-refractivity contribution is 9.10. The number of carbonyl (C=O) groups excluding carboxylic acids is 1. The first-order chi connectivity index (χ1) is 16.3. The molecule has 0 spiro atoms. The molecule has 0 saturated carbocycles. The molecule has 11 heteroatoms. The molecule has 3 aromatic carbocycles. The zero-order valence-electron chi connectivity index (χ0n) is 18.4. The minimum Gasteiger partial charge on any atom is -0.493 e. The number of hydrogen-bond acceptors (Lipinski definition) is 8. The second-order valence-corrected chi connectivity index (χ2v) is 9.05. The van der Waals surface area contributed by atoms with Crippen molar-refractivity contribution in [3.63, 3.8) is 0 Å². The number of benzene rings is 3. The predicted molar refractivity (Wildman–Crippen MR) is 130 cm³/mol. The van der Waals surface area contributed by atoms with Crippen molar-refractivity contribution in [3.05, 3.63) is 76.3 Å². The summed E-state index contributed by atoms with van der Waals surface area (Å²) in [6, 6.07) is 15.6. The Morgan fingerprint density at radius 2 is 1.59 bits per heavy atom. The lowest BCUT2D eigenvalue weighted by atomic mass is 10.2. The Labute approximate surface area is 205 Å². The zero-order chi connectivity index (χ0) is 24.7. The maximum atomic E-state index is 12.6. The number of methoxy groups -OCH3 is 3. The number of hydrogen-bond donors (Lipinski definition) is 1. The third-order valence-corrected chi connectivity index (χ3v) is 6.33. The van der Waals surface area contributed by atoms with Crippen LogP contribution in [0, 0.1) is 0 Å². The molecule has 0 aliphatic carbocycles. The Morgan fingerprint density at radius 3 is 2.24 bits per heavy atom. The molecule has 0 aromatic heterocycles. The Bertz CT molecular complexity index is 1310. The van der Waals surface area contributed by atoms with Crippen molar-refractivity contribution in [2.24, 2.45) is 5.10 Å². The van der Waals surface area contributed by atoms with Crippen LogP contribution in [0.3, 0.4) is 0 Å². The maximum absolute atomic E-state index is 12.6. The predicted octanol–water partition coefficient (Wildman–Crippen LogP) is 4.01. The molecule has 3 rings (SSSR count). The molecule has 0 fully saturated rings. The highest BCUT2D eigenvalue weighted by Gasteiger charge is 2.21. The number of halogens is 1. The van der Waals surface area contributed by atoms with Crippen molar-refractivity contribution in [1.82, 2.24) is 5.43 Å². The molecule has 0 heterocycles. The lowest BCUT2D eigenvalue weighted by Crippen LogP contribution is -2.17. The second-order valence-electron chi connectivity index (χ2n) is 6.65. The van der Waals surface area contributed by atoms with E-state index in [1.165, 1.54) is 51.8 Å². The van der Waals surface area contributed by atoms with E-state index < -0.39 is 16.0 Å². The van der Waals surface area contributed by atoms with Crippen molar-refractivity contribution in [3.8, 4) is 23.0 Å². The largest absolute Gasteiger partial charge is 0.493 e. The molecule has 0 radical (unpaired) electrons. The number of amides is 1. The highest BCUT2D eigenvalue weighted by atomic mass is 79.9. The molecule has 1 N–H and O–H groups in total. The van der Waals surface area contributed by atoms with Crippen molar-refractivity contribution in [1.29, 1.82) is 0 Å². The third-order valence-electron chi connectivity index (χ3n) is 4.50. The summed E-state index contributed by atoms with van der Waals surface area (Å²) in [6.45, 7) is 0. The molecule has 34 heavy (non-hydrogen) atoms. The van der Waals surface area contributed by atoms with E-state index in [4.69, 9.17) is 18.4 Å². The Morgan fingerprint density at radius 1 is 0.912 bits per heavy atom. The van der Waals surface area contributed by atoms with Crippen molar-refractivity contribution in [2.75, 3.05) is 21.3 Å². The molecule has 0 saturated heterocycles. The maximum Gasteiger partial charge on any atom is 0.339 e. The average molecular weight is 549 g/mol. The average Bonchev–Trinajstić information content (AvgIpc) is 2.85. The van der Waals surface area contributed by atoms with Gasteiger partial charge in [-0.3, -0.25) is 4.79 Å². The van der Waals surface area contributed by atoms with Gasteiger partial charge in [-0.1, -0.05) is 18.2 Å². The first kappa shape index (κ1) is 25.1. The van der Waals surface area contributed by atoms with Crippen LogP contribution >= 0.6 is 15.9 Å². The molecular formula is C23H21BrN2O7S. The van der Waals surface area contributed by atoms with Gasteiger partial charge in [-0.05, 0) is 64.0 Å². The number of nitrogens with zero attached hydrogens (tertiary/aromatic N) is 1. The van der Waals surface area contributed by atoms with Crippen LogP contribution < -0.4 is 23.8 Å². The van der Waals surface area contributed by atoms with Crippen LogP contribution in [0.25, 0.3) is 0 Å². The Balaban J connectivity index is 1.77.